The van der Waals surface area contributed by atoms with Crippen molar-refractivity contribution in [3.63, 3.8) is 0 Å². The van der Waals surface area contributed by atoms with Gasteiger partial charge in [-0.25, -0.2) is 0 Å². The monoisotopic (exact) mass is 212 g/mol. The first-order chi connectivity index (χ1) is 7.97. The van der Waals surface area contributed by atoms with Crippen molar-refractivity contribution in [1.29, 1.82) is 0 Å². The van der Waals surface area contributed by atoms with Gasteiger partial charge in [-0.1, -0.05) is 61.9 Å². The highest BCUT2D eigenvalue weighted by Gasteiger charge is 2.08. The lowest BCUT2D eigenvalue weighted by molar-refractivity contribution is 0.579. The predicted octanol–water partition coefficient (Wildman–Crippen LogP) is 4.52. The first kappa shape index (κ1) is 11.3. The topological polar surface area (TPSA) is 0 Å². The molecular weight excluding hydrogens is 192 g/mol. The highest BCUT2D eigenvalue weighted by molar-refractivity contribution is 5.27. The van der Waals surface area contributed by atoms with E-state index in [0.29, 0.717) is 5.92 Å². The fourth-order valence-corrected chi connectivity index (χ4v) is 2.30. The summed E-state index contributed by atoms with van der Waals surface area (Å²) >= 11 is 0. The van der Waals surface area contributed by atoms with E-state index in [-0.39, 0.29) is 0 Å². The van der Waals surface area contributed by atoms with Gasteiger partial charge in [0, 0.05) is 12.3 Å². The van der Waals surface area contributed by atoms with Crippen LogP contribution < -0.4 is 0 Å². The van der Waals surface area contributed by atoms with Crippen molar-refractivity contribution in [2.24, 2.45) is 0 Å². The maximum absolute atomic E-state index is 3.46. The van der Waals surface area contributed by atoms with Crippen LogP contribution >= 0.6 is 0 Å². The molecule has 1 aliphatic carbocycles. The van der Waals surface area contributed by atoms with Crippen molar-refractivity contribution in [3.05, 3.63) is 35.9 Å². The van der Waals surface area contributed by atoms with Gasteiger partial charge in [0.15, 0.2) is 0 Å². The van der Waals surface area contributed by atoms with Crippen LogP contribution in [0, 0.1) is 11.8 Å². The molecule has 0 saturated heterocycles. The molecule has 1 aromatic rings. The predicted molar refractivity (Wildman–Crippen MR) is 69.3 cm³/mol. The van der Waals surface area contributed by atoms with Crippen LogP contribution in [-0.2, 0) is 0 Å². The Bertz CT molecular complexity index is 353. The maximum atomic E-state index is 3.46. The summed E-state index contributed by atoms with van der Waals surface area (Å²) in [5, 5.41) is 0. The number of hydrogen-bond acceptors (Lipinski definition) is 0. The van der Waals surface area contributed by atoms with E-state index in [4.69, 9.17) is 0 Å². The van der Waals surface area contributed by atoms with Crippen molar-refractivity contribution in [2.45, 2.75) is 50.9 Å². The Kier molecular flexibility index (Phi) is 4.50. The molecule has 0 bridgehead atoms. The zero-order valence-corrected chi connectivity index (χ0v) is 9.91. The Labute approximate surface area is 99.1 Å². The van der Waals surface area contributed by atoms with Crippen LogP contribution in [0.4, 0.5) is 0 Å². The van der Waals surface area contributed by atoms with E-state index in [2.05, 4.69) is 42.2 Å². The largest absolute Gasteiger partial charge is 0.103 e. The molecule has 1 aliphatic rings. The lowest BCUT2D eigenvalue weighted by Crippen LogP contribution is -1.97. The highest BCUT2D eigenvalue weighted by Crippen LogP contribution is 2.23. The second kappa shape index (κ2) is 6.38. The highest BCUT2D eigenvalue weighted by atomic mass is 14.1. The van der Waals surface area contributed by atoms with E-state index in [1.54, 1.807) is 0 Å². The van der Waals surface area contributed by atoms with Crippen molar-refractivity contribution >= 4 is 0 Å². The molecule has 0 nitrogen and oxygen atoms in total. The molecule has 1 aromatic carbocycles. The summed E-state index contributed by atoms with van der Waals surface area (Å²) < 4.78 is 0. The van der Waals surface area contributed by atoms with Gasteiger partial charge in [0.05, 0.1) is 0 Å². The minimum absolute atomic E-state index is 0.472. The van der Waals surface area contributed by atoms with Crippen LogP contribution in [0.2, 0.25) is 0 Å². The SMILES string of the molecule is C1#CC(c2ccccc2)CCCCCCC1. The van der Waals surface area contributed by atoms with Crippen LogP contribution in [0.3, 0.4) is 0 Å². The summed E-state index contributed by atoms with van der Waals surface area (Å²) in [6.07, 6.45) is 9.07. The molecule has 0 aliphatic heterocycles. The zero-order valence-electron chi connectivity index (χ0n) is 9.91. The summed E-state index contributed by atoms with van der Waals surface area (Å²) in [6.45, 7) is 0. The van der Waals surface area contributed by atoms with Gasteiger partial charge in [-0.2, -0.15) is 0 Å². The van der Waals surface area contributed by atoms with Crippen LogP contribution in [0.25, 0.3) is 0 Å². The minimum atomic E-state index is 0.472. The Morgan fingerprint density at radius 1 is 0.875 bits per heavy atom. The summed E-state index contributed by atoms with van der Waals surface area (Å²) in [6, 6.07) is 10.7. The number of benzene rings is 1. The third-order valence-electron chi connectivity index (χ3n) is 3.27. The van der Waals surface area contributed by atoms with Gasteiger partial charge in [0.1, 0.15) is 0 Å². The first-order valence-corrected chi connectivity index (χ1v) is 6.50. The van der Waals surface area contributed by atoms with Crippen molar-refractivity contribution in [3.8, 4) is 11.8 Å². The van der Waals surface area contributed by atoms with Crippen LogP contribution in [0.5, 0.6) is 0 Å². The van der Waals surface area contributed by atoms with Gasteiger partial charge in [-0.15, -0.1) is 5.92 Å². The van der Waals surface area contributed by atoms with Gasteiger partial charge in [-0.05, 0) is 18.4 Å². The van der Waals surface area contributed by atoms with Gasteiger partial charge in [-0.3, -0.25) is 0 Å². The van der Waals surface area contributed by atoms with Crippen molar-refractivity contribution < 1.29 is 0 Å². The standard InChI is InChI=1S/C16H20/c1-2-4-7-11-15(12-8-5-3-1)16-13-9-6-10-14-16/h6,9-10,13-15H,1-5,7,11H2. The molecule has 1 atom stereocenters. The average Bonchev–Trinajstić information content (AvgIpc) is 2.37. The Morgan fingerprint density at radius 2 is 1.62 bits per heavy atom. The average molecular weight is 212 g/mol. The first-order valence-electron chi connectivity index (χ1n) is 6.50. The molecule has 0 fully saturated rings. The summed E-state index contributed by atoms with van der Waals surface area (Å²) in [5.41, 5.74) is 1.40. The fourth-order valence-electron chi connectivity index (χ4n) is 2.30. The van der Waals surface area contributed by atoms with E-state index >= 15 is 0 Å². The Morgan fingerprint density at radius 3 is 2.50 bits per heavy atom. The molecular formula is C16H20. The van der Waals surface area contributed by atoms with Gasteiger partial charge in [0.2, 0.25) is 0 Å². The Balaban J connectivity index is 2.08. The zero-order chi connectivity index (χ0) is 11.1. The van der Waals surface area contributed by atoms with Gasteiger partial charge >= 0.3 is 0 Å². The molecule has 0 radical (unpaired) electrons. The normalized spacial score (nSPS) is 21.9. The quantitative estimate of drug-likeness (QED) is 0.600. The second-order valence-electron chi connectivity index (χ2n) is 4.59. The summed E-state index contributed by atoms with van der Waals surface area (Å²) in [4.78, 5) is 0. The molecule has 0 N–H and O–H groups in total. The van der Waals surface area contributed by atoms with Crippen molar-refractivity contribution in [1.82, 2.24) is 0 Å². The van der Waals surface area contributed by atoms with Crippen LogP contribution in [-0.4, -0.2) is 0 Å². The van der Waals surface area contributed by atoms with Crippen LogP contribution in [0.1, 0.15) is 56.4 Å². The minimum Gasteiger partial charge on any atom is -0.103 e. The molecule has 84 valence electrons. The second-order valence-corrected chi connectivity index (χ2v) is 4.59. The van der Waals surface area contributed by atoms with Crippen LogP contribution in [0.15, 0.2) is 30.3 Å². The summed E-state index contributed by atoms with van der Waals surface area (Å²) in [7, 11) is 0. The lowest BCUT2D eigenvalue weighted by Gasteiger charge is -2.12. The van der Waals surface area contributed by atoms with E-state index in [1.165, 1.54) is 44.1 Å². The molecule has 0 aromatic heterocycles. The van der Waals surface area contributed by atoms with E-state index in [9.17, 15) is 0 Å². The molecule has 0 spiro atoms. The maximum Gasteiger partial charge on any atom is 0.0452 e. The molecule has 2 rings (SSSR count). The smallest absolute Gasteiger partial charge is 0.0452 e. The van der Waals surface area contributed by atoms with Gasteiger partial charge < -0.3 is 0 Å². The molecule has 1 unspecified atom stereocenters. The molecule has 0 amide bonds. The molecule has 0 saturated carbocycles. The van der Waals surface area contributed by atoms with E-state index in [0.717, 1.165) is 6.42 Å². The lowest BCUT2D eigenvalue weighted by atomic mass is 9.92. The third-order valence-corrected chi connectivity index (χ3v) is 3.27. The number of hydrogen-bond donors (Lipinski definition) is 0. The molecule has 0 heteroatoms. The van der Waals surface area contributed by atoms with E-state index < -0.39 is 0 Å². The molecule has 0 heterocycles. The van der Waals surface area contributed by atoms with Crippen molar-refractivity contribution in [2.75, 3.05) is 0 Å². The third kappa shape index (κ3) is 3.42. The van der Waals surface area contributed by atoms with Gasteiger partial charge in [0.25, 0.3) is 0 Å². The van der Waals surface area contributed by atoms with E-state index in [1.807, 2.05) is 0 Å². The fraction of sp³-hybridized carbons (Fsp3) is 0.500. The molecule has 16 heavy (non-hydrogen) atoms. The summed E-state index contributed by atoms with van der Waals surface area (Å²) in [5.74, 6) is 7.28. The number of rotatable bonds is 1. The Hall–Kier alpha value is -1.22.